The van der Waals surface area contributed by atoms with Crippen LogP contribution in [0.15, 0.2) is 77.2 Å². The molecule has 188 valence electrons. The van der Waals surface area contributed by atoms with Gasteiger partial charge in [-0.05, 0) is 67.9 Å². The largest absolute Gasteiger partial charge is 0.493 e. The molecule has 1 aromatic heterocycles. The highest BCUT2D eigenvalue weighted by Crippen LogP contribution is 2.25. The summed E-state index contributed by atoms with van der Waals surface area (Å²) in [6, 6.07) is 23.1. The Morgan fingerprint density at radius 2 is 1.53 bits per heavy atom. The molecule has 1 heterocycles. The molecule has 0 spiro atoms. The van der Waals surface area contributed by atoms with Crippen LogP contribution in [-0.4, -0.2) is 43.5 Å². The zero-order valence-corrected chi connectivity index (χ0v) is 20.6. The summed E-state index contributed by atoms with van der Waals surface area (Å²) in [5.41, 5.74) is 3.50. The van der Waals surface area contributed by atoms with E-state index in [1.165, 1.54) is 0 Å². The molecule has 0 radical (unpaired) electrons. The summed E-state index contributed by atoms with van der Waals surface area (Å²) in [6.07, 6.45) is 0.610. The van der Waals surface area contributed by atoms with Gasteiger partial charge in [-0.25, -0.2) is 9.78 Å². The molecule has 0 amide bonds. The number of carbonyl (C=O) groups is 1. The van der Waals surface area contributed by atoms with Gasteiger partial charge in [0.15, 0.2) is 11.7 Å². The Labute approximate surface area is 211 Å². The van der Waals surface area contributed by atoms with Crippen LogP contribution in [0.25, 0.3) is 22.6 Å². The van der Waals surface area contributed by atoms with Crippen LogP contribution in [0, 0.1) is 0 Å². The van der Waals surface area contributed by atoms with Gasteiger partial charge in [0.2, 0.25) is 5.89 Å². The molecule has 1 atom stereocenters. The number of rotatable bonds is 13. The van der Waals surface area contributed by atoms with Crippen LogP contribution in [0.3, 0.4) is 0 Å². The molecule has 0 fully saturated rings. The maximum Gasteiger partial charge on any atom is 0.335 e. The van der Waals surface area contributed by atoms with Gasteiger partial charge in [0.1, 0.15) is 17.0 Å². The number of nitrogens with zero attached hydrogens (tertiary/aromatic N) is 1. The predicted molar refractivity (Wildman–Crippen MR) is 137 cm³/mol. The highest BCUT2D eigenvalue weighted by molar-refractivity contribution is 5.76. The SMILES string of the molecule is CCOC(=O)[C@H](Cc1ccc(OCCCOc2ccc(-c3nc4ccccc4o3)cc2)cc1)OCC. The van der Waals surface area contributed by atoms with E-state index in [4.69, 9.17) is 23.4 Å². The van der Waals surface area contributed by atoms with E-state index in [0.717, 1.165) is 40.1 Å². The van der Waals surface area contributed by atoms with Crippen molar-refractivity contribution in [2.24, 2.45) is 0 Å². The van der Waals surface area contributed by atoms with E-state index in [9.17, 15) is 4.79 Å². The molecule has 0 aliphatic carbocycles. The summed E-state index contributed by atoms with van der Waals surface area (Å²) in [6.45, 7) is 5.51. The normalized spacial score (nSPS) is 11.8. The Morgan fingerprint density at radius 3 is 2.17 bits per heavy atom. The molecule has 0 aliphatic heterocycles. The molecule has 7 nitrogen and oxygen atoms in total. The first-order valence-corrected chi connectivity index (χ1v) is 12.2. The molecular weight excluding hydrogens is 458 g/mol. The predicted octanol–water partition coefficient (Wildman–Crippen LogP) is 5.85. The number of hydrogen-bond acceptors (Lipinski definition) is 7. The molecule has 4 rings (SSSR count). The lowest BCUT2D eigenvalue weighted by atomic mass is 10.1. The number of hydrogen-bond donors (Lipinski definition) is 0. The van der Waals surface area contributed by atoms with Gasteiger partial charge < -0.3 is 23.4 Å². The van der Waals surface area contributed by atoms with Crippen LogP contribution in [0.1, 0.15) is 25.8 Å². The van der Waals surface area contributed by atoms with Gasteiger partial charge in [-0.15, -0.1) is 0 Å². The maximum absolute atomic E-state index is 12.0. The smallest absolute Gasteiger partial charge is 0.335 e. The molecular formula is C29H31NO6. The van der Waals surface area contributed by atoms with E-state index in [-0.39, 0.29) is 5.97 Å². The van der Waals surface area contributed by atoms with Crippen molar-refractivity contribution in [1.29, 1.82) is 0 Å². The molecule has 0 bridgehead atoms. The zero-order chi connectivity index (χ0) is 25.2. The van der Waals surface area contributed by atoms with Crippen LogP contribution in [0.5, 0.6) is 11.5 Å². The quantitative estimate of drug-likeness (QED) is 0.172. The third-order valence-corrected chi connectivity index (χ3v) is 5.48. The average molecular weight is 490 g/mol. The summed E-state index contributed by atoms with van der Waals surface area (Å²) in [4.78, 5) is 16.6. The Morgan fingerprint density at radius 1 is 0.861 bits per heavy atom. The Hall–Kier alpha value is -3.84. The van der Waals surface area contributed by atoms with Gasteiger partial charge in [-0.3, -0.25) is 0 Å². The minimum absolute atomic E-state index is 0.333. The van der Waals surface area contributed by atoms with E-state index < -0.39 is 6.10 Å². The first-order chi connectivity index (χ1) is 17.7. The van der Waals surface area contributed by atoms with Gasteiger partial charge in [0.25, 0.3) is 0 Å². The molecule has 0 saturated heterocycles. The minimum atomic E-state index is -0.595. The van der Waals surface area contributed by atoms with Gasteiger partial charge in [-0.2, -0.15) is 0 Å². The topological polar surface area (TPSA) is 80.0 Å². The molecule has 4 aromatic rings. The first-order valence-electron chi connectivity index (χ1n) is 12.2. The van der Waals surface area contributed by atoms with Crippen molar-refractivity contribution in [1.82, 2.24) is 4.98 Å². The second-order valence-electron chi connectivity index (χ2n) is 8.11. The van der Waals surface area contributed by atoms with E-state index in [1.807, 2.05) is 79.7 Å². The minimum Gasteiger partial charge on any atom is -0.493 e. The Kier molecular flexibility index (Phi) is 8.94. The average Bonchev–Trinajstić information content (AvgIpc) is 3.34. The number of esters is 1. The van der Waals surface area contributed by atoms with Gasteiger partial charge >= 0.3 is 5.97 Å². The Bertz CT molecular complexity index is 1200. The molecule has 0 N–H and O–H groups in total. The lowest BCUT2D eigenvalue weighted by Gasteiger charge is -2.15. The van der Waals surface area contributed by atoms with Crippen molar-refractivity contribution >= 4 is 17.1 Å². The number of para-hydroxylation sites is 2. The summed E-state index contributed by atoms with van der Waals surface area (Å²) >= 11 is 0. The number of benzene rings is 3. The fourth-order valence-corrected chi connectivity index (χ4v) is 3.71. The first kappa shape index (κ1) is 25.3. The highest BCUT2D eigenvalue weighted by atomic mass is 16.6. The van der Waals surface area contributed by atoms with E-state index in [1.54, 1.807) is 6.92 Å². The van der Waals surface area contributed by atoms with Crippen molar-refractivity contribution < 1.29 is 28.2 Å². The van der Waals surface area contributed by atoms with Crippen LogP contribution in [0.4, 0.5) is 0 Å². The van der Waals surface area contributed by atoms with Crippen LogP contribution in [-0.2, 0) is 20.7 Å². The lowest BCUT2D eigenvalue weighted by Crippen LogP contribution is -2.28. The van der Waals surface area contributed by atoms with Gasteiger partial charge in [0.05, 0.1) is 19.8 Å². The number of carbonyl (C=O) groups excluding carboxylic acids is 1. The highest BCUT2D eigenvalue weighted by Gasteiger charge is 2.20. The second-order valence-corrected chi connectivity index (χ2v) is 8.11. The van der Waals surface area contributed by atoms with Crippen molar-refractivity contribution in [3.05, 3.63) is 78.4 Å². The van der Waals surface area contributed by atoms with E-state index >= 15 is 0 Å². The molecule has 36 heavy (non-hydrogen) atoms. The molecule has 7 heteroatoms. The van der Waals surface area contributed by atoms with Crippen LogP contribution < -0.4 is 9.47 Å². The summed E-state index contributed by atoms with van der Waals surface area (Å²) in [5.74, 6) is 1.81. The van der Waals surface area contributed by atoms with E-state index in [0.29, 0.717) is 38.7 Å². The molecule has 0 unspecified atom stereocenters. The van der Waals surface area contributed by atoms with Crippen LogP contribution >= 0.6 is 0 Å². The van der Waals surface area contributed by atoms with Gasteiger partial charge in [-0.1, -0.05) is 24.3 Å². The maximum atomic E-state index is 12.0. The van der Waals surface area contributed by atoms with E-state index in [2.05, 4.69) is 4.98 Å². The summed E-state index contributed by atoms with van der Waals surface area (Å²) in [5, 5.41) is 0. The number of oxazole rings is 1. The Balaban J connectivity index is 1.19. The zero-order valence-electron chi connectivity index (χ0n) is 20.6. The third-order valence-electron chi connectivity index (χ3n) is 5.48. The standard InChI is InChI=1S/C29H31NO6/c1-3-32-27(29(31)33-4-2)20-21-10-14-23(15-11-21)34-18-7-19-35-24-16-12-22(13-17-24)28-30-25-8-5-6-9-26(25)36-28/h5-6,8-17,27H,3-4,7,18-20H2,1-2H3/t27-/m0/s1. The van der Waals surface area contributed by atoms with Crippen LogP contribution in [0.2, 0.25) is 0 Å². The third kappa shape index (κ3) is 6.86. The number of fused-ring (bicyclic) bond motifs is 1. The molecule has 0 aliphatic rings. The second kappa shape index (κ2) is 12.7. The lowest BCUT2D eigenvalue weighted by molar-refractivity contribution is -0.156. The summed E-state index contributed by atoms with van der Waals surface area (Å²) in [7, 11) is 0. The molecule has 0 saturated carbocycles. The molecule has 3 aromatic carbocycles. The van der Waals surface area contributed by atoms with Gasteiger partial charge in [0, 0.05) is 25.0 Å². The van der Waals surface area contributed by atoms with Crippen molar-refractivity contribution in [3.63, 3.8) is 0 Å². The number of aromatic nitrogens is 1. The monoisotopic (exact) mass is 489 g/mol. The number of ether oxygens (including phenoxy) is 4. The summed E-state index contributed by atoms with van der Waals surface area (Å²) < 4.78 is 28.1. The fourth-order valence-electron chi connectivity index (χ4n) is 3.71. The van der Waals surface area contributed by atoms with Crippen molar-refractivity contribution in [2.45, 2.75) is 32.8 Å². The van der Waals surface area contributed by atoms with Crippen molar-refractivity contribution in [3.8, 4) is 23.0 Å². The fraction of sp³-hybridized carbons (Fsp3) is 0.310. The van der Waals surface area contributed by atoms with Crippen molar-refractivity contribution in [2.75, 3.05) is 26.4 Å².